The molecule has 18 heavy (non-hydrogen) atoms. The molecule has 1 heterocycles. The summed E-state index contributed by atoms with van der Waals surface area (Å²) in [7, 11) is 0. The SMILES string of the molecule is CCc1ccc(C(C)Nc2ccc(N)nn2)cc1. The third-order valence-corrected chi connectivity index (χ3v) is 2.94. The second-order valence-corrected chi connectivity index (χ2v) is 4.30. The third kappa shape index (κ3) is 2.97. The molecule has 2 rings (SSSR count). The molecule has 0 radical (unpaired) electrons. The Morgan fingerprint density at radius 1 is 1.11 bits per heavy atom. The van der Waals surface area contributed by atoms with E-state index in [4.69, 9.17) is 5.73 Å². The van der Waals surface area contributed by atoms with Gasteiger partial charge in [0, 0.05) is 6.04 Å². The molecule has 94 valence electrons. The van der Waals surface area contributed by atoms with E-state index >= 15 is 0 Å². The number of nitrogens with one attached hydrogen (secondary N) is 1. The molecule has 0 spiro atoms. The van der Waals surface area contributed by atoms with Crippen LogP contribution in [0, 0.1) is 0 Å². The van der Waals surface area contributed by atoms with Crippen molar-refractivity contribution in [3.8, 4) is 0 Å². The second-order valence-electron chi connectivity index (χ2n) is 4.30. The van der Waals surface area contributed by atoms with Crippen LogP contribution in [0.1, 0.15) is 31.0 Å². The number of aryl methyl sites for hydroxylation is 1. The molecule has 4 nitrogen and oxygen atoms in total. The Morgan fingerprint density at radius 3 is 2.39 bits per heavy atom. The average molecular weight is 242 g/mol. The van der Waals surface area contributed by atoms with Crippen LogP contribution >= 0.6 is 0 Å². The summed E-state index contributed by atoms with van der Waals surface area (Å²) in [5.41, 5.74) is 8.07. The van der Waals surface area contributed by atoms with Gasteiger partial charge in [-0.2, -0.15) is 0 Å². The molecule has 0 amide bonds. The van der Waals surface area contributed by atoms with E-state index in [9.17, 15) is 0 Å². The van der Waals surface area contributed by atoms with Crippen LogP contribution < -0.4 is 11.1 Å². The van der Waals surface area contributed by atoms with Gasteiger partial charge < -0.3 is 11.1 Å². The van der Waals surface area contributed by atoms with Crippen molar-refractivity contribution >= 4 is 11.6 Å². The molecule has 0 saturated carbocycles. The molecule has 0 fully saturated rings. The summed E-state index contributed by atoms with van der Waals surface area (Å²) in [6.07, 6.45) is 1.06. The summed E-state index contributed by atoms with van der Waals surface area (Å²) in [5.74, 6) is 1.16. The molecule has 0 bridgehead atoms. The number of nitrogens with two attached hydrogens (primary N) is 1. The maximum absolute atomic E-state index is 5.50. The highest BCUT2D eigenvalue weighted by Gasteiger charge is 2.06. The molecule has 1 aromatic heterocycles. The van der Waals surface area contributed by atoms with Gasteiger partial charge in [0.05, 0.1) is 0 Å². The fourth-order valence-electron chi connectivity index (χ4n) is 1.77. The van der Waals surface area contributed by atoms with E-state index in [1.807, 2.05) is 6.07 Å². The summed E-state index contributed by atoms with van der Waals surface area (Å²) in [6.45, 7) is 4.25. The summed E-state index contributed by atoms with van der Waals surface area (Å²) in [4.78, 5) is 0. The van der Waals surface area contributed by atoms with Gasteiger partial charge in [0.25, 0.3) is 0 Å². The number of nitrogens with zero attached hydrogens (tertiary/aromatic N) is 2. The minimum atomic E-state index is 0.189. The lowest BCUT2D eigenvalue weighted by Crippen LogP contribution is -2.08. The molecular formula is C14H18N4. The van der Waals surface area contributed by atoms with E-state index in [1.165, 1.54) is 11.1 Å². The van der Waals surface area contributed by atoms with Gasteiger partial charge in [-0.25, -0.2) is 0 Å². The number of aromatic nitrogens is 2. The summed E-state index contributed by atoms with van der Waals surface area (Å²) >= 11 is 0. The Bertz CT molecular complexity index is 490. The molecule has 0 aliphatic heterocycles. The lowest BCUT2D eigenvalue weighted by atomic mass is 10.1. The van der Waals surface area contributed by atoms with Crippen LogP contribution in [-0.2, 0) is 6.42 Å². The van der Waals surface area contributed by atoms with Crippen molar-refractivity contribution in [3.05, 3.63) is 47.5 Å². The second kappa shape index (κ2) is 5.49. The Kier molecular flexibility index (Phi) is 3.77. The van der Waals surface area contributed by atoms with Crippen LogP contribution in [0.15, 0.2) is 36.4 Å². The van der Waals surface area contributed by atoms with E-state index in [2.05, 4.69) is 53.6 Å². The van der Waals surface area contributed by atoms with Crippen LogP contribution in [0.5, 0.6) is 0 Å². The maximum Gasteiger partial charge on any atom is 0.149 e. The number of hydrogen-bond acceptors (Lipinski definition) is 4. The smallest absolute Gasteiger partial charge is 0.149 e. The van der Waals surface area contributed by atoms with Gasteiger partial charge in [-0.05, 0) is 36.6 Å². The van der Waals surface area contributed by atoms with Gasteiger partial charge in [-0.3, -0.25) is 0 Å². The third-order valence-electron chi connectivity index (χ3n) is 2.94. The molecule has 4 heteroatoms. The molecule has 2 aromatic rings. The predicted octanol–water partition coefficient (Wildman–Crippen LogP) is 2.79. The number of hydrogen-bond donors (Lipinski definition) is 2. The Labute approximate surface area is 107 Å². The van der Waals surface area contributed by atoms with Crippen molar-refractivity contribution in [1.82, 2.24) is 10.2 Å². The van der Waals surface area contributed by atoms with Crippen molar-refractivity contribution in [2.45, 2.75) is 26.3 Å². The van der Waals surface area contributed by atoms with Crippen molar-refractivity contribution in [2.75, 3.05) is 11.1 Å². The van der Waals surface area contributed by atoms with E-state index in [-0.39, 0.29) is 6.04 Å². The molecule has 0 saturated heterocycles. The number of nitrogen functional groups attached to an aromatic ring is 1. The zero-order valence-corrected chi connectivity index (χ0v) is 10.7. The van der Waals surface area contributed by atoms with Crippen LogP contribution in [0.25, 0.3) is 0 Å². The number of rotatable bonds is 4. The minimum absolute atomic E-state index is 0.189. The van der Waals surface area contributed by atoms with Gasteiger partial charge in [-0.1, -0.05) is 31.2 Å². The molecular weight excluding hydrogens is 224 g/mol. The summed E-state index contributed by atoms with van der Waals surface area (Å²) in [5, 5.41) is 11.1. The first-order valence-corrected chi connectivity index (χ1v) is 6.13. The maximum atomic E-state index is 5.50. The van der Waals surface area contributed by atoms with Gasteiger partial charge in [0.2, 0.25) is 0 Å². The van der Waals surface area contributed by atoms with Crippen molar-refractivity contribution in [3.63, 3.8) is 0 Å². The van der Waals surface area contributed by atoms with Crippen LogP contribution in [0.4, 0.5) is 11.6 Å². The number of anilines is 2. The van der Waals surface area contributed by atoms with E-state index in [1.54, 1.807) is 6.07 Å². The normalized spacial score (nSPS) is 12.1. The first-order valence-electron chi connectivity index (χ1n) is 6.13. The Balaban J connectivity index is 2.06. The quantitative estimate of drug-likeness (QED) is 0.865. The molecule has 0 aliphatic rings. The lowest BCUT2D eigenvalue weighted by molar-refractivity contribution is 0.860. The molecule has 0 aliphatic carbocycles. The van der Waals surface area contributed by atoms with Gasteiger partial charge in [0.1, 0.15) is 11.6 Å². The largest absolute Gasteiger partial charge is 0.382 e. The van der Waals surface area contributed by atoms with Crippen LogP contribution in [0.3, 0.4) is 0 Å². The van der Waals surface area contributed by atoms with E-state index in [0.717, 1.165) is 12.2 Å². The van der Waals surface area contributed by atoms with E-state index in [0.29, 0.717) is 5.82 Å². The lowest BCUT2D eigenvalue weighted by Gasteiger charge is -2.14. The highest BCUT2D eigenvalue weighted by atomic mass is 15.2. The standard InChI is InChI=1S/C14H18N4/c1-3-11-4-6-12(7-5-11)10(2)16-14-9-8-13(15)17-18-14/h4-10H,3H2,1-2H3,(H2,15,17)(H,16,18). The van der Waals surface area contributed by atoms with Gasteiger partial charge >= 0.3 is 0 Å². The zero-order chi connectivity index (χ0) is 13.0. The monoisotopic (exact) mass is 242 g/mol. The molecule has 1 unspecified atom stereocenters. The predicted molar refractivity (Wildman–Crippen MR) is 74.3 cm³/mol. The minimum Gasteiger partial charge on any atom is -0.382 e. The zero-order valence-electron chi connectivity index (χ0n) is 10.7. The Hall–Kier alpha value is -2.10. The first kappa shape index (κ1) is 12.4. The van der Waals surface area contributed by atoms with Crippen molar-refractivity contribution in [1.29, 1.82) is 0 Å². The van der Waals surface area contributed by atoms with Crippen molar-refractivity contribution < 1.29 is 0 Å². The molecule has 1 aromatic carbocycles. The molecule has 1 atom stereocenters. The van der Waals surface area contributed by atoms with E-state index < -0.39 is 0 Å². The first-order chi connectivity index (χ1) is 8.69. The fraction of sp³-hybridized carbons (Fsp3) is 0.286. The van der Waals surface area contributed by atoms with Gasteiger partial charge in [-0.15, -0.1) is 10.2 Å². The van der Waals surface area contributed by atoms with Crippen molar-refractivity contribution in [2.24, 2.45) is 0 Å². The number of benzene rings is 1. The average Bonchev–Trinajstić information content (AvgIpc) is 2.41. The summed E-state index contributed by atoms with van der Waals surface area (Å²) in [6, 6.07) is 12.3. The molecule has 3 N–H and O–H groups in total. The highest BCUT2D eigenvalue weighted by molar-refractivity contribution is 5.41. The Morgan fingerprint density at radius 2 is 1.83 bits per heavy atom. The highest BCUT2D eigenvalue weighted by Crippen LogP contribution is 2.18. The fourth-order valence-corrected chi connectivity index (χ4v) is 1.77. The van der Waals surface area contributed by atoms with Crippen LogP contribution in [-0.4, -0.2) is 10.2 Å². The van der Waals surface area contributed by atoms with Crippen LogP contribution in [0.2, 0.25) is 0 Å². The van der Waals surface area contributed by atoms with Gasteiger partial charge in [0.15, 0.2) is 0 Å². The summed E-state index contributed by atoms with van der Waals surface area (Å²) < 4.78 is 0. The topological polar surface area (TPSA) is 63.8 Å².